The van der Waals surface area contributed by atoms with Crippen molar-refractivity contribution in [2.75, 3.05) is 14.1 Å². The molecule has 0 bridgehead atoms. The van der Waals surface area contributed by atoms with Crippen molar-refractivity contribution >= 4 is 23.8 Å². The van der Waals surface area contributed by atoms with Gasteiger partial charge >= 0.3 is 18.0 Å². The number of carbonyl (C=O) groups excluding carboxylic acids is 4. The maximum Gasteiger partial charge on any atom is 0.405 e. The SMILES string of the molecule is CC[C@H]1OC(=O)[C@H](C)[C@@H](O)[C@H](C)[C@@H](O[C@@H]2O[C@H](C)C[C@H](N(C)C)[C@H]2OC(C)=O)[C@](C)(OC(N)=O)C[C@@H](C)C(=O)[C@H](C)[C@H]2NO[C@@]21C. The summed E-state index contributed by atoms with van der Waals surface area (Å²) in [6, 6.07) is -0.783. The van der Waals surface area contributed by atoms with Gasteiger partial charge in [0.2, 0.25) is 0 Å². The number of hydrogen-bond donors (Lipinski definition) is 3. The highest BCUT2D eigenvalue weighted by Gasteiger charge is 2.58. The number of amides is 1. The molecule has 0 spiro atoms. The highest BCUT2D eigenvalue weighted by Crippen LogP contribution is 2.41. The summed E-state index contributed by atoms with van der Waals surface area (Å²) < 4.78 is 30.3. The number of nitrogens with one attached hydrogen (secondary N) is 1. The first kappa shape index (κ1) is 38.1. The number of cyclic esters (lactones) is 1. The average Bonchev–Trinajstić information content (AvgIpc) is 2.95. The van der Waals surface area contributed by atoms with E-state index in [1.807, 2.05) is 32.8 Å². The van der Waals surface area contributed by atoms with E-state index in [-0.39, 0.29) is 24.3 Å². The van der Waals surface area contributed by atoms with Crippen LogP contribution in [0.4, 0.5) is 4.79 Å². The summed E-state index contributed by atoms with van der Waals surface area (Å²) in [6.45, 7) is 15.1. The summed E-state index contributed by atoms with van der Waals surface area (Å²) in [5.74, 6) is -4.61. The van der Waals surface area contributed by atoms with Gasteiger partial charge in [0, 0.05) is 24.7 Å². The summed E-state index contributed by atoms with van der Waals surface area (Å²) in [5, 5.41) is 11.7. The Morgan fingerprint density at radius 3 is 2.24 bits per heavy atom. The van der Waals surface area contributed by atoms with Gasteiger partial charge in [-0.3, -0.25) is 19.2 Å². The minimum absolute atomic E-state index is 0.0429. The Kier molecular flexibility index (Phi) is 12.3. The summed E-state index contributed by atoms with van der Waals surface area (Å²) in [4.78, 5) is 59.8. The van der Waals surface area contributed by atoms with Gasteiger partial charge in [0.25, 0.3) is 0 Å². The number of likely N-dealkylation sites (N-methyl/N-ethyl adjacent to an activating group) is 1. The van der Waals surface area contributed by atoms with Gasteiger partial charge in [-0.25, -0.2) is 4.79 Å². The van der Waals surface area contributed by atoms with Gasteiger partial charge in [0.05, 0.1) is 30.2 Å². The zero-order valence-electron chi connectivity index (χ0n) is 29.1. The van der Waals surface area contributed by atoms with Crippen LogP contribution in [-0.2, 0) is 42.9 Å². The number of ketones is 1. The Labute approximate surface area is 272 Å². The van der Waals surface area contributed by atoms with E-state index in [1.54, 1.807) is 41.5 Å². The molecule has 1 amide bonds. The van der Waals surface area contributed by atoms with E-state index in [0.717, 1.165) is 0 Å². The van der Waals surface area contributed by atoms with Crippen LogP contribution in [-0.4, -0.2) is 108 Å². The normalized spacial score (nSPS) is 44.3. The van der Waals surface area contributed by atoms with Crippen LogP contribution < -0.4 is 11.2 Å². The van der Waals surface area contributed by atoms with Crippen molar-refractivity contribution in [3.8, 4) is 0 Å². The quantitative estimate of drug-likeness (QED) is 0.279. The topological polar surface area (TPSA) is 185 Å². The number of primary amides is 1. The van der Waals surface area contributed by atoms with Crippen LogP contribution in [0.25, 0.3) is 0 Å². The second-order valence-electron chi connectivity index (χ2n) is 14.1. The molecule has 3 heterocycles. The molecule has 0 aromatic heterocycles. The molecule has 3 aliphatic rings. The van der Waals surface area contributed by atoms with Gasteiger partial charge in [0.15, 0.2) is 12.4 Å². The third-order valence-electron chi connectivity index (χ3n) is 10.1. The molecule has 0 aromatic rings. The van der Waals surface area contributed by atoms with Crippen LogP contribution in [0.5, 0.6) is 0 Å². The fourth-order valence-corrected chi connectivity index (χ4v) is 7.50. The van der Waals surface area contributed by atoms with E-state index >= 15 is 0 Å². The largest absolute Gasteiger partial charge is 0.459 e. The number of aliphatic hydroxyl groups is 1. The zero-order chi connectivity index (χ0) is 34.9. The summed E-state index contributed by atoms with van der Waals surface area (Å²) >= 11 is 0. The Hall–Kier alpha value is -2.36. The molecule has 14 heteroatoms. The van der Waals surface area contributed by atoms with Crippen molar-refractivity contribution in [1.82, 2.24) is 10.4 Å². The lowest BCUT2D eigenvalue weighted by Crippen LogP contribution is -2.73. The van der Waals surface area contributed by atoms with Gasteiger partial charge < -0.3 is 39.4 Å². The number of hydroxylamine groups is 1. The Balaban J connectivity index is 2.15. The Morgan fingerprint density at radius 2 is 1.74 bits per heavy atom. The van der Waals surface area contributed by atoms with E-state index in [9.17, 15) is 24.3 Å². The lowest BCUT2D eigenvalue weighted by atomic mass is 9.72. The van der Waals surface area contributed by atoms with Gasteiger partial charge in [-0.2, -0.15) is 5.48 Å². The van der Waals surface area contributed by atoms with E-state index in [4.69, 9.17) is 34.3 Å². The Morgan fingerprint density at radius 1 is 1.11 bits per heavy atom. The third kappa shape index (κ3) is 7.84. The minimum atomic E-state index is -1.62. The Bertz CT molecular complexity index is 1120. The van der Waals surface area contributed by atoms with Crippen LogP contribution in [0, 0.1) is 23.7 Å². The molecular weight excluding hydrogens is 602 g/mol. The minimum Gasteiger partial charge on any atom is -0.459 e. The summed E-state index contributed by atoms with van der Waals surface area (Å²) in [5.41, 5.74) is 5.86. The third-order valence-corrected chi connectivity index (χ3v) is 10.1. The fraction of sp³-hybridized carbons (Fsp3) is 0.875. The summed E-state index contributed by atoms with van der Waals surface area (Å²) in [6.07, 6.45) is -5.88. The molecule has 0 unspecified atom stereocenters. The molecule has 14 atom stereocenters. The van der Waals surface area contributed by atoms with Crippen molar-refractivity contribution in [1.29, 1.82) is 0 Å². The lowest BCUT2D eigenvalue weighted by molar-refractivity contribution is -0.302. The maximum absolute atomic E-state index is 14.0. The molecule has 3 fully saturated rings. The number of esters is 2. The molecule has 3 saturated heterocycles. The van der Waals surface area contributed by atoms with Gasteiger partial charge in [0.1, 0.15) is 29.2 Å². The zero-order valence-corrected chi connectivity index (χ0v) is 29.1. The molecule has 3 aliphatic heterocycles. The number of carbonyl (C=O) groups is 4. The van der Waals surface area contributed by atoms with Gasteiger partial charge in [-0.05, 0) is 61.1 Å². The van der Waals surface area contributed by atoms with Crippen LogP contribution in [0.15, 0.2) is 0 Å². The number of Topliss-reactive ketones (excluding diaryl/α,β-unsaturated/α-hetero) is 1. The first-order chi connectivity index (χ1) is 21.3. The van der Waals surface area contributed by atoms with E-state index in [0.29, 0.717) is 12.8 Å². The first-order valence-electron chi connectivity index (χ1n) is 16.3. The molecule has 14 nitrogen and oxygen atoms in total. The molecule has 0 radical (unpaired) electrons. The van der Waals surface area contributed by atoms with E-state index in [2.05, 4.69) is 5.48 Å². The molecule has 0 aliphatic carbocycles. The van der Waals surface area contributed by atoms with Crippen molar-refractivity contribution in [2.24, 2.45) is 29.4 Å². The van der Waals surface area contributed by atoms with Crippen LogP contribution in [0.3, 0.4) is 0 Å². The van der Waals surface area contributed by atoms with Crippen LogP contribution >= 0.6 is 0 Å². The number of fused-ring (bicyclic) bond motifs is 1. The molecule has 46 heavy (non-hydrogen) atoms. The number of rotatable bonds is 6. The van der Waals surface area contributed by atoms with E-state index in [1.165, 1.54) is 6.92 Å². The second kappa shape index (κ2) is 14.8. The smallest absolute Gasteiger partial charge is 0.405 e. The number of nitrogens with two attached hydrogens (primary N) is 1. The maximum atomic E-state index is 14.0. The van der Waals surface area contributed by atoms with Crippen molar-refractivity contribution in [2.45, 2.75) is 142 Å². The van der Waals surface area contributed by atoms with Gasteiger partial charge in [-0.1, -0.05) is 27.7 Å². The fourth-order valence-electron chi connectivity index (χ4n) is 7.50. The molecule has 4 N–H and O–H groups in total. The number of hydrogen-bond acceptors (Lipinski definition) is 13. The predicted molar refractivity (Wildman–Crippen MR) is 165 cm³/mol. The number of nitrogens with zero attached hydrogens (tertiary/aromatic N) is 1. The van der Waals surface area contributed by atoms with Crippen molar-refractivity contribution < 1.29 is 52.8 Å². The summed E-state index contributed by atoms with van der Waals surface area (Å²) in [7, 11) is 3.70. The average molecular weight is 658 g/mol. The highest BCUT2D eigenvalue weighted by atomic mass is 16.7. The highest BCUT2D eigenvalue weighted by molar-refractivity contribution is 5.84. The van der Waals surface area contributed by atoms with Gasteiger partial charge in [-0.15, -0.1) is 0 Å². The molecule has 3 rings (SSSR count). The first-order valence-corrected chi connectivity index (χ1v) is 16.3. The lowest BCUT2D eigenvalue weighted by Gasteiger charge is -2.53. The van der Waals surface area contributed by atoms with Crippen molar-refractivity contribution in [3.05, 3.63) is 0 Å². The monoisotopic (exact) mass is 657 g/mol. The van der Waals surface area contributed by atoms with Crippen LogP contribution in [0.2, 0.25) is 0 Å². The molecule has 264 valence electrons. The predicted octanol–water partition coefficient (Wildman–Crippen LogP) is 2.08. The standard InChI is InChI=1S/C32H55N3O11/c1-12-22-32(9)26(34-46-32)17(4)23(37)15(2)14-31(8,45-30(33)40)27(18(5)24(38)19(6)28(39)43-22)44-29-25(42-20(7)36)21(35(10)11)13-16(3)41-29/h15-19,21-22,24-27,29,34,38H,12-14H2,1-11H3,(H2,33,40)/t15-,16-,17+,18+,19-,21+,22-,24+,25-,26-,27-,29+,31-,32-/m1/s1. The van der Waals surface area contributed by atoms with E-state index < -0.39 is 89.7 Å². The number of ether oxygens (including phenoxy) is 5. The second-order valence-corrected chi connectivity index (χ2v) is 14.1. The molecule has 0 aromatic carbocycles. The number of aliphatic hydroxyl groups excluding tert-OH is 1. The molecular formula is C32H55N3O11. The molecule has 0 saturated carbocycles. The van der Waals surface area contributed by atoms with Crippen LogP contribution in [0.1, 0.15) is 81.6 Å². The van der Waals surface area contributed by atoms with Crippen molar-refractivity contribution in [3.63, 3.8) is 0 Å².